The molecule has 0 radical (unpaired) electrons. The third-order valence-electron chi connectivity index (χ3n) is 5.25. The van der Waals surface area contributed by atoms with Crippen LogP contribution < -0.4 is 10.6 Å². The zero-order valence-corrected chi connectivity index (χ0v) is 15.5. The van der Waals surface area contributed by atoms with Crippen molar-refractivity contribution in [3.63, 3.8) is 0 Å². The van der Waals surface area contributed by atoms with E-state index in [0.29, 0.717) is 31.5 Å². The Hall–Kier alpha value is -3.12. The molecule has 4 rings (SSSR count). The zero-order valence-electron chi connectivity index (χ0n) is 15.5. The van der Waals surface area contributed by atoms with Crippen molar-refractivity contribution >= 4 is 22.7 Å². The van der Waals surface area contributed by atoms with Crippen LogP contribution in [0.4, 0.5) is 0 Å². The molecule has 0 spiro atoms. The van der Waals surface area contributed by atoms with E-state index in [1.165, 1.54) is 11.1 Å². The quantitative estimate of drug-likeness (QED) is 0.529. The number of H-pyrrole nitrogens is 1. The normalized spacial score (nSPS) is 14.6. The van der Waals surface area contributed by atoms with E-state index in [1.807, 2.05) is 48.5 Å². The van der Waals surface area contributed by atoms with Gasteiger partial charge in [-0.2, -0.15) is 0 Å². The van der Waals surface area contributed by atoms with Crippen molar-refractivity contribution < 1.29 is 14.7 Å². The van der Waals surface area contributed by atoms with Gasteiger partial charge in [0.25, 0.3) is 5.91 Å². The van der Waals surface area contributed by atoms with Gasteiger partial charge in [-0.05, 0) is 29.7 Å². The summed E-state index contributed by atoms with van der Waals surface area (Å²) in [6.07, 6.45) is 1.69. The fourth-order valence-electron chi connectivity index (χ4n) is 3.80. The van der Waals surface area contributed by atoms with Gasteiger partial charge < -0.3 is 20.7 Å². The third kappa shape index (κ3) is 3.92. The van der Waals surface area contributed by atoms with Gasteiger partial charge in [-0.3, -0.25) is 9.59 Å². The topological polar surface area (TPSA) is 94.2 Å². The minimum Gasteiger partial charge on any atom is -0.389 e. The Morgan fingerprint density at radius 2 is 1.68 bits per heavy atom. The molecule has 6 heteroatoms. The summed E-state index contributed by atoms with van der Waals surface area (Å²) >= 11 is 0. The number of amides is 2. The number of aliphatic hydroxyl groups is 1. The maximum absolute atomic E-state index is 12.2. The summed E-state index contributed by atoms with van der Waals surface area (Å²) in [5.41, 5.74) is 2.82. The molecule has 3 aromatic rings. The van der Waals surface area contributed by atoms with Gasteiger partial charge in [-0.15, -0.1) is 0 Å². The van der Waals surface area contributed by atoms with E-state index >= 15 is 0 Å². The molecule has 28 heavy (non-hydrogen) atoms. The highest BCUT2D eigenvalue weighted by Gasteiger charge is 2.34. The van der Waals surface area contributed by atoms with Gasteiger partial charge in [0.2, 0.25) is 5.91 Å². The molecule has 2 amide bonds. The number of carbonyl (C=O) groups is 2. The van der Waals surface area contributed by atoms with Crippen LogP contribution in [0, 0.1) is 0 Å². The second-order valence-corrected chi connectivity index (χ2v) is 7.40. The van der Waals surface area contributed by atoms with Crippen molar-refractivity contribution in [3.8, 4) is 0 Å². The van der Waals surface area contributed by atoms with Crippen molar-refractivity contribution in [2.45, 2.75) is 24.9 Å². The standard InChI is InChI=1S/C22H23N3O3/c26-20(14-24-21(27)19-11-15-5-3-4-8-18(15)25-19)23-10-9-22(28)12-16-6-1-2-7-17(16)13-22/h1-8,11,25,28H,9-10,12-14H2,(H,23,26)(H,24,27). The lowest BCUT2D eigenvalue weighted by Crippen LogP contribution is -2.40. The van der Waals surface area contributed by atoms with Gasteiger partial charge in [0.15, 0.2) is 0 Å². The number of hydrogen-bond acceptors (Lipinski definition) is 3. The van der Waals surface area contributed by atoms with Crippen molar-refractivity contribution in [1.82, 2.24) is 15.6 Å². The first-order valence-electron chi connectivity index (χ1n) is 9.44. The molecule has 0 saturated heterocycles. The second-order valence-electron chi connectivity index (χ2n) is 7.40. The first kappa shape index (κ1) is 18.3. The van der Waals surface area contributed by atoms with Crippen molar-refractivity contribution in [1.29, 1.82) is 0 Å². The predicted molar refractivity (Wildman–Crippen MR) is 107 cm³/mol. The van der Waals surface area contributed by atoms with E-state index in [4.69, 9.17) is 0 Å². The number of carbonyl (C=O) groups excluding carboxylic acids is 2. The van der Waals surface area contributed by atoms with Gasteiger partial charge >= 0.3 is 0 Å². The van der Waals surface area contributed by atoms with E-state index in [1.54, 1.807) is 6.07 Å². The minimum absolute atomic E-state index is 0.104. The monoisotopic (exact) mass is 377 g/mol. The average Bonchev–Trinajstić information content (AvgIpc) is 3.26. The Balaban J connectivity index is 1.22. The SMILES string of the molecule is O=C(CNC(=O)c1cc2ccccc2[nH]1)NCCC1(O)Cc2ccccc2C1. The van der Waals surface area contributed by atoms with E-state index in [9.17, 15) is 14.7 Å². The van der Waals surface area contributed by atoms with Crippen LogP contribution in [0.15, 0.2) is 54.6 Å². The van der Waals surface area contributed by atoms with Crippen LogP contribution in [0.1, 0.15) is 28.0 Å². The van der Waals surface area contributed by atoms with E-state index in [0.717, 1.165) is 10.9 Å². The van der Waals surface area contributed by atoms with Gasteiger partial charge in [0, 0.05) is 30.3 Å². The fourth-order valence-corrected chi connectivity index (χ4v) is 3.80. The van der Waals surface area contributed by atoms with E-state index in [2.05, 4.69) is 15.6 Å². The molecule has 2 aromatic carbocycles. The summed E-state index contributed by atoms with van der Waals surface area (Å²) in [4.78, 5) is 27.3. The molecule has 0 saturated carbocycles. The van der Waals surface area contributed by atoms with Crippen LogP contribution in [0.2, 0.25) is 0 Å². The molecule has 0 aliphatic heterocycles. The Kier molecular flexibility index (Phi) is 4.88. The summed E-state index contributed by atoms with van der Waals surface area (Å²) in [6, 6.07) is 17.4. The molecule has 1 aliphatic rings. The number of benzene rings is 2. The maximum Gasteiger partial charge on any atom is 0.268 e. The summed E-state index contributed by atoms with van der Waals surface area (Å²) in [7, 11) is 0. The predicted octanol–water partition coefficient (Wildman–Crippen LogP) is 1.93. The molecule has 1 aliphatic carbocycles. The van der Waals surface area contributed by atoms with E-state index in [-0.39, 0.29) is 18.4 Å². The smallest absolute Gasteiger partial charge is 0.268 e. The third-order valence-corrected chi connectivity index (χ3v) is 5.25. The number of rotatable bonds is 6. The molecule has 144 valence electrons. The fraction of sp³-hybridized carbons (Fsp3) is 0.273. The first-order valence-corrected chi connectivity index (χ1v) is 9.44. The largest absolute Gasteiger partial charge is 0.389 e. The molecular weight excluding hydrogens is 354 g/mol. The molecule has 6 nitrogen and oxygen atoms in total. The molecular formula is C22H23N3O3. The second kappa shape index (κ2) is 7.48. The Morgan fingerprint density at radius 1 is 1.00 bits per heavy atom. The first-order chi connectivity index (χ1) is 13.5. The van der Waals surface area contributed by atoms with Crippen molar-refractivity contribution in [2.24, 2.45) is 0 Å². The summed E-state index contributed by atoms with van der Waals surface area (Å²) in [5, 5.41) is 17.1. The van der Waals surface area contributed by atoms with Crippen LogP contribution in [0.25, 0.3) is 10.9 Å². The van der Waals surface area contributed by atoms with Crippen LogP contribution >= 0.6 is 0 Å². The molecule has 4 N–H and O–H groups in total. The molecule has 0 bridgehead atoms. The minimum atomic E-state index is -0.815. The highest BCUT2D eigenvalue weighted by molar-refractivity contribution is 5.99. The average molecular weight is 377 g/mol. The Bertz CT molecular complexity index is 967. The zero-order chi connectivity index (χ0) is 19.6. The lowest BCUT2D eigenvalue weighted by molar-refractivity contribution is -0.120. The number of fused-ring (bicyclic) bond motifs is 2. The molecule has 0 fully saturated rings. The number of aromatic nitrogens is 1. The van der Waals surface area contributed by atoms with Gasteiger partial charge in [0.1, 0.15) is 5.69 Å². The lowest BCUT2D eigenvalue weighted by atomic mass is 9.96. The van der Waals surface area contributed by atoms with Gasteiger partial charge in [0.05, 0.1) is 12.1 Å². The number of nitrogens with one attached hydrogen (secondary N) is 3. The van der Waals surface area contributed by atoms with Crippen molar-refractivity contribution in [2.75, 3.05) is 13.1 Å². The molecule has 0 atom stereocenters. The number of para-hydroxylation sites is 1. The van der Waals surface area contributed by atoms with Crippen LogP contribution in [0.3, 0.4) is 0 Å². The van der Waals surface area contributed by atoms with Gasteiger partial charge in [-0.25, -0.2) is 0 Å². The summed E-state index contributed by atoms with van der Waals surface area (Å²) in [6.45, 7) is 0.262. The Morgan fingerprint density at radius 3 is 2.39 bits per heavy atom. The summed E-state index contributed by atoms with van der Waals surface area (Å²) < 4.78 is 0. The Labute approximate surface area is 163 Å². The van der Waals surface area contributed by atoms with Crippen molar-refractivity contribution in [3.05, 3.63) is 71.4 Å². The molecule has 1 aromatic heterocycles. The van der Waals surface area contributed by atoms with Gasteiger partial charge in [-0.1, -0.05) is 42.5 Å². The van der Waals surface area contributed by atoms with Crippen LogP contribution in [-0.2, 0) is 17.6 Å². The van der Waals surface area contributed by atoms with Crippen LogP contribution in [-0.4, -0.2) is 40.6 Å². The maximum atomic E-state index is 12.2. The lowest BCUT2D eigenvalue weighted by Gasteiger charge is -2.22. The molecule has 0 unspecified atom stereocenters. The highest BCUT2D eigenvalue weighted by Crippen LogP contribution is 2.31. The van der Waals surface area contributed by atoms with Crippen LogP contribution in [0.5, 0.6) is 0 Å². The summed E-state index contributed by atoms with van der Waals surface area (Å²) in [5.74, 6) is -0.597. The molecule has 1 heterocycles. The number of hydrogen-bond donors (Lipinski definition) is 4. The van der Waals surface area contributed by atoms with E-state index < -0.39 is 5.60 Å². The number of aromatic amines is 1. The highest BCUT2D eigenvalue weighted by atomic mass is 16.3.